The number of nitrogens with zero attached hydrogens (tertiary/aromatic N) is 1. The van der Waals surface area contributed by atoms with E-state index < -0.39 is 11.4 Å². The lowest BCUT2D eigenvalue weighted by atomic mass is 9.86. The summed E-state index contributed by atoms with van der Waals surface area (Å²) in [6.07, 6.45) is 0.637. The maximum absolute atomic E-state index is 14.0. The summed E-state index contributed by atoms with van der Waals surface area (Å²) in [5.41, 5.74) is -0.541. The Morgan fingerprint density at radius 2 is 2.10 bits per heavy atom. The van der Waals surface area contributed by atoms with E-state index in [1.807, 2.05) is 13.8 Å². The van der Waals surface area contributed by atoms with Crippen LogP contribution < -0.4 is 0 Å². The molecule has 0 aliphatic carbocycles. The van der Waals surface area contributed by atoms with Crippen LogP contribution in [0.5, 0.6) is 0 Å². The van der Waals surface area contributed by atoms with Crippen LogP contribution in [-0.4, -0.2) is 42.5 Å². The van der Waals surface area contributed by atoms with Crippen molar-refractivity contribution in [3.63, 3.8) is 0 Å². The van der Waals surface area contributed by atoms with Gasteiger partial charge in [-0.25, -0.2) is 4.39 Å². The Hall–Kier alpha value is -0.780. The summed E-state index contributed by atoms with van der Waals surface area (Å²) in [4.78, 5) is 14.9. The molecule has 1 unspecified atom stereocenters. The van der Waals surface area contributed by atoms with E-state index in [0.717, 1.165) is 0 Å². The first-order valence-corrected chi connectivity index (χ1v) is 7.61. The second kappa shape index (κ2) is 6.33. The van der Waals surface area contributed by atoms with Crippen LogP contribution in [0.15, 0.2) is 22.7 Å². The Kier molecular flexibility index (Phi) is 4.94. The number of carbonyl (C=O) groups is 1. The standard InChI is InChI=1S/C15H19BrFNO2/c1-3-15(2,18-6-8-20-9-7-18)14(19)12-10-11(16)4-5-13(12)17/h4-5,10H,3,6-9H2,1-2H3. The van der Waals surface area contributed by atoms with Gasteiger partial charge in [0.05, 0.1) is 24.3 Å². The number of carbonyl (C=O) groups excluding carboxylic acids is 1. The van der Waals surface area contributed by atoms with E-state index in [0.29, 0.717) is 37.2 Å². The average Bonchev–Trinajstić information content (AvgIpc) is 2.49. The van der Waals surface area contributed by atoms with Crippen molar-refractivity contribution < 1.29 is 13.9 Å². The fraction of sp³-hybridized carbons (Fsp3) is 0.533. The van der Waals surface area contributed by atoms with Crippen molar-refractivity contribution in [3.05, 3.63) is 34.1 Å². The zero-order chi connectivity index (χ0) is 14.8. The van der Waals surface area contributed by atoms with E-state index in [4.69, 9.17) is 4.74 Å². The highest BCUT2D eigenvalue weighted by Crippen LogP contribution is 2.28. The van der Waals surface area contributed by atoms with Gasteiger partial charge >= 0.3 is 0 Å². The number of halogens is 2. The summed E-state index contributed by atoms with van der Waals surface area (Å²) in [5, 5.41) is 0. The van der Waals surface area contributed by atoms with Gasteiger partial charge in [0.15, 0.2) is 5.78 Å². The Morgan fingerprint density at radius 1 is 1.45 bits per heavy atom. The van der Waals surface area contributed by atoms with Crippen molar-refractivity contribution in [2.24, 2.45) is 0 Å². The van der Waals surface area contributed by atoms with Crippen LogP contribution in [-0.2, 0) is 4.74 Å². The van der Waals surface area contributed by atoms with Crippen molar-refractivity contribution in [2.75, 3.05) is 26.3 Å². The SMILES string of the molecule is CCC(C)(C(=O)c1cc(Br)ccc1F)N1CCOCC1. The number of rotatable bonds is 4. The molecule has 110 valence electrons. The highest BCUT2D eigenvalue weighted by Gasteiger charge is 2.39. The van der Waals surface area contributed by atoms with Gasteiger partial charge in [-0.2, -0.15) is 0 Å². The predicted molar refractivity (Wildman–Crippen MR) is 79.5 cm³/mol. The van der Waals surface area contributed by atoms with Gasteiger partial charge in [-0.15, -0.1) is 0 Å². The monoisotopic (exact) mass is 343 g/mol. The smallest absolute Gasteiger partial charge is 0.185 e. The average molecular weight is 344 g/mol. The summed E-state index contributed by atoms with van der Waals surface area (Å²) in [6.45, 7) is 6.48. The molecule has 1 aliphatic rings. The van der Waals surface area contributed by atoms with Gasteiger partial charge in [-0.05, 0) is 31.5 Å². The maximum Gasteiger partial charge on any atom is 0.185 e. The minimum absolute atomic E-state index is 0.148. The molecule has 2 rings (SSSR count). The second-order valence-corrected chi connectivity index (χ2v) is 6.10. The number of hydrogen-bond acceptors (Lipinski definition) is 3. The van der Waals surface area contributed by atoms with E-state index in [-0.39, 0.29) is 11.3 Å². The highest BCUT2D eigenvalue weighted by molar-refractivity contribution is 9.10. The molecule has 0 bridgehead atoms. The molecule has 0 amide bonds. The van der Waals surface area contributed by atoms with E-state index in [9.17, 15) is 9.18 Å². The Morgan fingerprint density at radius 3 is 2.70 bits per heavy atom. The molecule has 1 heterocycles. The van der Waals surface area contributed by atoms with Gasteiger partial charge < -0.3 is 4.74 Å². The van der Waals surface area contributed by atoms with Crippen LogP contribution in [0.2, 0.25) is 0 Å². The van der Waals surface area contributed by atoms with Crippen molar-refractivity contribution in [1.29, 1.82) is 0 Å². The van der Waals surface area contributed by atoms with E-state index in [2.05, 4.69) is 20.8 Å². The molecular weight excluding hydrogens is 325 g/mol. The van der Waals surface area contributed by atoms with E-state index in [1.165, 1.54) is 6.07 Å². The zero-order valence-corrected chi connectivity index (χ0v) is 13.4. The molecule has 1 fully saturated rings. The molecule has 20 heavy (non-hydrogen) atoms. The fourth-order valence-corrected chi connectivity index (χ4v) is 2.91. The molecule has 0 saturated carbocycles. The van der Waals surface area contributed by atoms with Gasteiger partial charge in [0.25, 0.3) is 0 Å². The molecule has 3 nitrogen and oxygen atoms in total. The summed E-state index contributed by atoms with van der Waals surface area (Å²) in [5.74, 6) is -0.633. The highest BCUT2D eigenvalue weighted by atomic mass is 79.9. The molecule has 1 aliphatic heterocycles. The molecule has 1 atom stereocenters. The van der Waals surface area contributed by atoms with Gasteiger partial charge in [0.1, 0.15) is 5.82 Å². The number of ketones is 1. The second-order valence-electron chi connectivity index (χ2n) is 5.18. The lowest BCUT2D eigenvalue weighted by Gasteiger charge is -2.41. The van der Waals surface area contributed by atoms with Gasteiger partial charge in [0.2, 0.25) is 0 Å². The number of morpholine rings is 1. The molecule has 0 radical (unpaired) electrons. The normalized spacial score (nSPS) is 19.6. The van der Waals surface area contributed by atoms with Crippen LogP contribution >= 0.6 is 15.9 Å². The Bertz CT molecular complexity index is 503. The first kappa shape index (κ1) is 15.6. The molecule has 1 saturated heterocycles. The topological polar surface area (TPSA) is 29.5 Å². The van der Waals surface area contributed by atoms with Crippen LogP contribution in [0.25, 0.3) is 0 Å². The predicted octanol–water partition coefficient (Wildman–Crippen LogP) is 3.27. The first-order chi connectivity index (χ1) is 9.49. The lowest BCUT2D eigenvalue weighted by Crippen LogP contribution is -2.56. The van der Waals surface area contributed by atoms with Crippen molar-refractivity contribution in [3.8, 4) is 0 Å². The van der Waals surface area contributed by atoms with Gasteiger partial charge in [-0.3, -0.25) is 9.69 Å². The minimum atomic E-state index is -0.689. The quantitative estimate of drug-likeness (QED) is 0.786. The van der Waals surface area contributed by atoms with Crippen LogP contribution in [0.1, 0.15) is 30.6 Å². The Balaban J connectivity index is 2.34. The largest absolute Gasteiger partial charge is 0.379 e. The lowest BCUT2D eigenvalue weighted by molar-refractivity contribution is -0.0107. The molecule has 0 N–H and O–H groups in total. The number of Topliss-reactive ketones (excluding diaryl/α,β-unsaturated/α-hetero) is 1. The van der Waals surface area contributed by atoms with Gasteiger partial charge in [-0.1, -0.05) is 22.9 Å². The van der Waals surface area contributed by atoms with Crippen molar-refractivity contribution in [1.82, 2.24) is 4.90 Å². The van der Waals surface area contributed by atoms with E-state index in [1.54, 1.807) is 12.1 Å². The summed E-state index contributed by atoms with van der Waals surface area (Å²) in [7, 11) is 0. The maximum atomic E-state index is 14.0. The summed E-state index contributed by atoms with van der Waals surface area (Å²) >= 11 is 3.30. The number of benzene rings is 1. The number of ether oxygens (including phenoxy) is 1. The molecule has 1 aromatic carbocycles. The minimum Gasteiger partial charge on any atom is -0.379 e. The van der Waals surface area contributed by atoms with Gasteiger partial charge in [0, 0.05) is 17.6 Å². The third kappa shape index (κ3) is 2.95. The molecule has 0 aromatic heterocycles. The van der Waals surface area contributed by atoms with E-state index >= 15 is 0 Å². The van der Waals surface area contributed by atoms with Crippen LogP contribution in [0, 0.1) is 5.82 Å². The third-order valence-corrected chi connectivity index (χ3v) is 4.55. The van der Waals surface area contributed by atoms with Crippen LogP contribution in [0.3, 0.4) is 0 Å². The summed E-state index contributed by atoms with van der Waals surface area (Å²) in [6, 6.07) is 4.49. The van der Waals surface area contributed by atoms with Crippen molar-refractivity contribution in [2.45, 2.75) is 25.8 Å². The molecule has 1 aromatic rings. The fourth-order valence-electron chi connectivity index (χ4n) is 2.55. The van der Waals surface area contributed by atoms with Crippen LogP contribution in [0.4, 0.5) is 4.39 Å². The number of hydrogen-bond donors (Lipinski definition) is 0. The first-order valence-electron chi connectivity index (χ1n) is 6.81. The molecule has 5 heteroatoms. The molecule has 0 spiro atoms. The Labute approximate surface area is 127 Å². The zero-order valence-electron chi connectivity index (χ0n) is 11.8. The third-order valence-electron chi connectivity index (χ3n) is 4.06. The molecular formula is C15H19BrFNO2. The summed E-state index contributed by atoms with van der Waals surface area (Å²) < 4.78 is 20.0. The van der Waals surface area contributed by atoms with Crippen molar-refractivity contribution >= 4 is 21.7 Å².